The third-order valence-corrected chi connectivity index (χ3v) is 6.11. The number of H-pyrrole nitrogens is 1. The normalized spacial score (nSPS) is 16.2. The molecular weight excluding hydrogens is 406 g/mol. The second-order valence-electron chi connectivity index (χ2n) is 8.02. The molecule has 5 heterocycles. The molecule has 4 aromatic heterocycles. The van der Waals surface area contributed by atoms with E-state index in [4.69, 9.17) is 10.2 Å². The number of hydrogen-bond acceptors (Lipinski definition) is 8. The van der Waals surface area contributed by atoms with Crippen LogP contribution in [-0.4, -0.2) is 60.6 Å². The molecule has 1 atom stereocenters. The molecule has 5 aromatic rings. The Morgan fingerprint density at radius 2 is 1.88 bits per heavy atom. The summed E-state index contributed by atoms with van der Waals surface area (Å²) in [5, 5.41) is 5.60. The number of anilines is 2. The van der Waals surface area contributed by atoms with Gasteiger partial charge < -0.3 is 20.0 Å². The lowest BCUT2D eigenvalue weighted by Crippen LogP contribution is -2.47. The number of nitrogens with two attached hydrogens (primary N) is 1. The van der Waals surface area contributed by atoms with Crippen molar-refractivity contribution >= 4 is 28.6 Å². The number of para-hydroxylation sites is 1. The highest BCUT2D eigenvalue weighted by Gasteiger charge is 2.25. The summed E-state index contributed by atoms with van der Waals surface area (Å²) in [5.41, 5.74) is 8.56. The van der Waals surface area contributed by atoms with Crippen molar-refractivity contribution in [2.75, 3.05) is 36.8 Å². The maximum Gasteiger partial charge on any atom is 0.259 e. The summed E-state index contributed by atoms with van der Waals surface area (Å²) in [4.78, 5) is 21.7. The lowest BCUT2D eigenvalue weighted by Gasteiger charge is -2.37. The maximum absolute atomic E-state index is 6.16. The second kappa shape index (κ2) is 7.34. The maximum atomic E-state index is 6.16. The van der Waals surface area contributed by atoms with Crippen LogP contribution in [0.4, 0.5) is 11.9 Å². The molecule has 1 fully saturated rings. The molecule has 10 nitrogen and oxygen atoms in total. The zero-order valence-corrected chi connectivity index (χ0v) is 17.6. The van der Waals surface area contributed by atoms with Crippen LogP contribution in [0.5, 0.6) is 0 Å². The van der Waals surface area contributed by atoms with Gasteiger partial charge in [0.05, 0.1) is 6.26 Å². The second-order valence-corrected chi connectivity index (χ2v) is 8.02. The standard InChI is InChI=1S/C22H23N9O/c1-14(17-13-15-5-2-3-6-16(15)24-17)29-8-10-30(11-9-29)21-26-20(23)31-22(27-21)25-19(28-31)18-7-4-12-32-18/h2-7,12-14,24H,8-11H2,1H3,(H2,23,25,26,27,28). The van der Waals surface area contributed by atoms with Gasteiger partial charge in [-0.3, -0.25) is 4.90 Å². The molecule has 1 aliphatic rings. The minimum Gasteiger partial charge on any atom is -0.461 e. The topological polar surface area (TPSA) is 117 Å². The molecule has 6 rings (SSSR count). The Kier molecular flexibility index (Phi) is 4.32. The predicted octanol–water partition coefficient (Wildman–Crippen LogP) is 2.73. The van der Waals surface area contributed by atoms with E-state index in [2.05, 4.69) is 72.1 Å². The first-order valence-corrected chi connectivity index (χ1v) is 10.7. The fraction of sp³-hybridized carbons (Fsp3) is 0.273. The highest BCUT2D eigenvalue weighted by Crippen LogP contribution is 2.26. The molecule has 10 heteroatoms. The molecule has 0 radical (unpaired) electrons. The van der Waals surface area contributed by atoms with E-state index in [-0.39, 0.29) is 5.95 Å². The zero-order chi connectivity index (χ0) is 21.7. The third kappa shape index (κ3) is 3.16. The third-order valence-electron chi connectivity index (χ3n) is 6.11. The molecule has 0 saturated carbocycles. The van der Waals surface area contributed by atoms with Gasteiger partial charge in [0.25, 0.3) is 5.78 Å². The summed E-state index contributed by atoms with van der Waals surface area (Å²) in [6.45, 7) is 5.65. The van der Waals surface area contributed by atoms with Crippen LogP contribution in [0.25, 0.3) is 28.3 Å². The number of aromatic nitrogens is 6. The highest BCUT2D eigenvalue weighted by molar-refractivity contribution is 5.80. The summed E-state index contributed by atoms with van der Waals surface area (Å²) >= 11 is 0. The molecule has 1 saturated heterocycles. The van der Waals surface area contributed by atoms with Gasteiger partial charge in [0, 0.05) is 43.4 Å². The smallest absolute Gasteiger partial charge is 0.259 e. The fourth-order valence-electron chi connectivity index (χ4n) is 4.27. The summed E-state index contributed by atoms with van der Waals surface area (Å²) in [7, 11) is 0. The molecule has 1 unspecified atom stereocenters. The van der Waals surface area contributed by atoms with Gasteiger partial charge in [-0.15, -0.1) is 5.10 Å². The van der Waals surface area contributed by atoms with Crippen molar-refractivity contribution in [3.05, 3.63) is 54.4 Å². The summed E-state index contributed by atoms with van der Waals surface area (Å²) in [6, 6.07) is 14.5. The van der Waals surface area contributed by atoms with Crippen molar-refractivity contribution in [2.45, 2.75) is 13.0 Å². The van der Waals surface area contributed by atoms with Crippen LogP contribution in [0.3, 0.4) is 0 Å². The number of piperazine rings is 1. The van der Waals surface area contributed by atoms with Crippen LogP contribution in [-0.2, 0) is 0 Å². The van der Waals surface area contributed by atoms with Crippen LogP contribution in [0, 0.1) is 0 Å². The molecule has 162 valence electrons. The number of rotatable bonds is 4. The van der Waals surface area contributed by atoms with Crippen molar-refractivity contribution in [1.29, 1.82) is 0 Å². The molecule has 0 aliphatic carbocycles. The van der Waals surface area contributed by atoms with Gasteiger partial charge in [-0.1, -0.05) is 18.2 Å². The number of nitrogens with zero attached hydrogens (tertiary/aromatic N) is 7. The number of furan rings is 1. The molecule has 0 amide bonds. The molecule has 0 spiro atoms. The van der Waals surface area contributed by atoms with E-state index in [0.717, 1.165) is 26.2 Å². The van der Waals surface area contributed by atoms with Crippen LogP contribution >= 0.6 is 0 Å². The van der Waals surface area contributed by atoms with Gasteiger partial charge in [0.1, 0.15) is 0 Å². The van der Waals surface area contributed by atoms with Crippen LogP contribution in [0.15, 0.2) is 53.1 Å². The van der Waals surface area contributed by atoms with E-state index < -0.39 is 0 Å². The summed E-state index contributed by atoms with van der Waals surface area (Å²) < 4.78 is 6.82. The van der Waals surface area contributed by atoms with E-state index in [1.807, 2.05) is 0 Å². The minimum absolute atomic E-state index is 0.254. The van der Waals surface area contributed by atoms with Crippen molar-refractivity contribution in [3.63, 3.8) is 0 Å². The average molecular weight is 429 g/mol. The van der Waals surface area contributed by atoms with E-state index in [1.165, 1.54) is 21.1 Å². The molecule has 32 heavy (non-hydrogen) atoms. The Morgan fingerprint density at radius 1 is 1.03 bits per heavy atom. The highest BCUT2D eigenvalue weighted by atomic mass is 16.3. The predicted molar refractivity (Wildman–Crippen MR) is 121 cm³/mol. The van der Waals surface area contributed by atoms with Gasteiger partial charge >= 0.3 is 0 Å². The Morgan fingerprint density at radius 3 is 2.66 bits per heavy atom. The zero-order valence-electron chi connectivity index (χ0n) is 17.6. The lowest BCUT2D eigenvalue weighted by atomic mass is 10.1. The van der Waals surface area contributed by atoms with Gasteiger partial charge in [-0.05, 0) is 36.6 Å². The minimum atomic E-state index is 0.254. The van der Waals surface area contributed by atoms with Crippen molar-refractivity contribution in [1.82, 2.24) is 34.4 Å². The molecule has 1 aliphatic heterocycles. The number of hydrogen-bond donors (Lipinski definition) is 2. The van der Waals surface area contributed by atoms with Gasteiger partial charge in [-0.2, -0.15) is 19.5 Å². The quantitative estimate of drug-likeness (QED) is 0.448. The molecule has 0 bridgehead atoms. The van der Waals surface area contributed by atoms with Gasteiger partial charge in [0.2, 0.25) is 17.7 Å². The first kappa shape index (κ1) is 18.8. The van der Waals surface area contributed by atoms with Gasteiger partial charge in [-0.25, -0.2) is 0 Å². The summed E-state index contributed by atoms with van der Waals surface area (Å²) in [6.07, 6.45) is 1.58. The number of fused-ring (bicyclic) bond motifs is 2. The number of benzene rings is 1. The van der Waals surface area contributed by atoms with Crippen molar-refractivity contribution < 1.29 is 4.42 Å². The Balaban J connectivity index is 1.19. The Labute approximate surface area is 183 Å². The lowest BCUT2D eigenvalue weighted by molar-refractivity contribution is 0.195. The van der Waals surface area contributed by atoms with Gasteiger partial charge in [0.15, 0.2) is 5.76 Å². The van der Waals surface area contributed by atoms with Crippen LogP contribution in [0.2, 0.25) is 0 Å². The monoisotopic (exact) mass is 429 g/mol. The largest absolute Gasteiger partial charge is 0.461 e. The van der Waals surface area contributed by atoms with E-state index >= 15 is 0 Å². The average Bonchev–Trinajstić information content (AvgIpc) is 3.57. The van der Waals surface area contributed by atoms with E-state index in [9.17, 15) is 0 Å². The number of nitrogens with one attached hydrogen (secondary N) is 1. The number of aromatic amines is 1. The van der Waals surface area contributed by atoms with Crippen molar-refractivity contribution in [3.8, 4) is 11.6 Å². The first-order chi connectivity index (χ1) is 15.7. The van der Waals surface area contributed by atoms with Crippen molar-refractivity contribution in [2.24, 2.45) is 0 Å². The van der Waals surface area contributed by atoms with E-state index in [0.29, 0.717) is 29.4 Å². The van der Waals surface area contributed by atoms with E-state index in [1.54, 1.807) is 18.4 Å². The van der Waals surface area contributed by atoms with Crippen LogP contribution < -0.4 is 10.6 Å². The SMILES string of the molecule is CC(c1cc2ccccc2[nH]1)N1CCN(c2nc(N)n3nc(-c4ccco4)nc3n2)CC1. The summed E-state index contributed by atoms with van der Waals surface area (Å²) in [5.74, 6) is 2.24. The molecule has 3 N–H and O–H groups in total. The Hall–Kier alpha value is -3.92. The first-order valence-electron chi connectivity index (χ1n) is 10.7. The Bertz CT molecular complexity index is 1350. The molecular formula is C22H23N9O. The van der Waals surface area contributed by atoms with Crippen LogP contribution in [0.1, 0.15) is 18.7 Å². The number of nitrogen functional groups attached to an aromatic ring is 1. The molecule has 1 aromatic carbocycles. The fourth-order valence-corrected chi connectivity index (χ4v) is 4.27.